The average Bonchev–Trinajstić information content (AvgIpc) is 2.41. The van der Waals surface area contributed by atoms with Gasteiger partial charge in [-0.2, -0.15) is 12.6 Å². The molecule has 2 rings (SSSR count). The van der Waals surface area contributed by atoms with Crippen LogP contribution in [0, 0.1) is 0 Å². The Morgan fingerprint density at radius 3 is 2.60 bits per heavy atom. The van der Waals surface area contributed by atoms with E-state index in [0.29, 0.717) is 13.2 Å². The summed E-state index contributed by atoms with van der Waals surface area (Å²) in [7, 11) is 0. The van der Waals surface area contributed by atoms with Crippen molar-refractivity contribution < 1.29 is 14.6 Å². The maximum Gasteiger partial charge on any atom is 0.113 e. The lowest BCUT2D eigenvalue weighted by Gasteiger charge is -2.09. The first kappa shape index (κ1) is 6.91. The Bertz CT molecular complexity index is 125. The van der Waals surface area contributed by atoms with Crippen LogP contribution in [0.3, 0.4) is 0 Å². The van der Waals surface area contributed by atoms with Crippen LogP contribution in [0.15, 0.2) is 0 Å². The molecule has 2 saturated heterocycles. The normalized spacial score (nSPS) is 53.4. The van der Waals surface area contributed by atoms with Gasteiger partial charge < -0.3 is 14.6 Å². The number of thiol groups is 1. The van der Waals surface area contributed by atoms with E-state index in [1.54, 1.807) is 0 Å². The van der Waals surface area contributed by atoms with Gasteiger partial charge in [-0.15, -0.1) is 0 Å². The minimum absolute atomic E-state index is 0.0123. The number of aliphatic hydroxyl groups excluding tert-OH is 1. The molecule has 0 radical (unpaired) electrons. The molecule has 4 atom stereocenters. The lowest BCUT2D eigenvalue weighted by molar-refractivity contribution is 0.0188. The van der Waals surface area contributed by atoms with E-state index in [0.717, 1.165) is 0 Å². The molecule has 4 heteroatoms. The highest BCUT2D eigenvalue weighted by Crippen LogP contribution is 2.29. The van der Waals surface area contributed by atoms with Crippen LogP contribution >= 0.6 is 12.6 Å². The van der Waals surface area contributed by atoms with Gasteiger partial charge in [0.15, 0.2) is 0 Å². The monoisotopic (exact) mass is 162 g/mol. The molecular formula is C6H10O3S. The third-order valence-corrected chi connectivity index (χ3v) is 2.44. The Hall–Kier alpha value is 0.230. The van der Waals surface area contributed by atoms with E-state index >= 15 is 0 Å². The third-order valence-electron chi connectivity index (χ3n) is 2.00. The van der Waals surface area contributed by atoms with Crippen LogP contribution in [0.5, 0.6) is 0 Å². The summed E-state index contributed by atoms with van der Waals surface area (Å²) >= 11 is 4.25. The van der Waals surface area contributed by atoms with Crippen molar-refractivity contribution in [3.05, 3.63) is 0 Å². The summed E-state index contributed by atoms with van der Waals surface area (Å²) in [6, 6.07) is 0. The van der Waals surface area contributed by atoms with Gasteiger partial charge in [0.05, 0.1) is 18.5 Å². The second-order valence-electron chi connectivity index (χ2n) is 2.73. The zero-order valence-corrected chi connectivity index (χ0v) is 6.33. The third kappa shape index (κ3) is 0.871. The van der Waals surface area contributed by atoms with Crippen LogP contribution in [0.25, 0.3) is 0 Å². The average molecular weight is 162 g/mol. The summed E-state index contributed by atoms with van der Waals surface area (Å²) in [6.07, 6.45) is -0.553. The molecule has 0 spiro atoms. The number of fused-ring (bicyclic) bond motifs is 1. The first-order valence-electron chi connectivity index (χ1n) is 3.38. The molecule has 0 amide bonds. The topological polar surface area (TPSA) is 38.7 Å². The maximum atomic E-state index is 9.23. The van der Waals surface area contributed by atoms with Crippen LogP contribution in [0.1, 0.15) is 0 Å². The SMILES string of the molecule is O[C@@H]1COC2C(S)COC21. The number of aliphatic hydroxyl groups is 1. The Morgan fingerprint density at radius 1 is 1.20 bits per heavy atom. The van der Waals surface area contributed by atoms with Gasteiger partial charge in [-0.1, -0.05) is 0 Å². The van der Waals surface area contributed by atoms with Crippen molar-refractivity contribution in [1.29, 1.82) is 0 Å². The molecule has 1 N–H and O–H groups in total. The van der Waals surface area contributed by atoms with Gasteiger partial charge >= 0.3 is 0 Å². The predicted octanol–water partition coefficient (Wildman–Crippen LogP) is -0.557. The van der Waals surface area contributed by atoms with Crippen molar-refractivity contribution in [2.45, 2.75) is 23.6 Å². The highest BCUT2D eigenvalue weighted by molar-refractivity contribution is 7.81. The zero-order valence-electron chi connectivity index (χ0n) is 5.43. The molecule has 0 saturated carbocycles. The van der Waals surface area contributed by atoms with Crippen LogP contribution in [-0.2, 0) is 9.47 Å². The molecule has 2 aliphatic rings. The van der Waals surface area contributed by atoms with E-state index in [9.17, 15) is 5.11 Å². The number of ether oxygens (including phenoxy) is 2. The number of hydrogen-bond donors (Lipinski definition) is 2. The lowest BCUT2D eigenvalue weighted by atomic mass is 10.1. The number of hydrogen-bond acceptors (Lipinski definition) is 4. The van der Waals surface area contributed by atoms with Crippen LogP contribution in [0.2, 0.25) is 0 Å². The van der Waals surface area contributed by atoms with E-state index < -0.39 is 6.10 Å². The van der Waals surface area contributed by atoms with Crippen molar-refractivity contribution in [3.8, 4) is 0 Å². The standard InChI is InChI=1S/C6H10O3S/c7-3-1-8-6-4(10)2-9-5(3)6/h3-7,10H,1-2H2/t3-,4?,5?,6?/m1/s1. The molecule has 58 valence electrons. The second-order valence-corrected chi connectivity index (χ2v) is 3.39. The van der Waals surface area contributed by atoms with E-state index in [2.05, 4.69) is 12.6 Å². The van der Waals surface area contributed by atoms with Crippen molar-refractivity contribution in [2.24, 2.45) is 0 Å². The van der Waals surface area contributed by atoms with Crippen LogP contribution < -0.4 is 0 Å². The predicted molar refractivity (Wildman–Crippen MR) is 38.3 cm³/mol. The van der Waals surface area contributed by atoms with Crippen LogP contribution in [-0.4, -0.2) is 41.9 Å². The number of rotatable bonds is 0. The highest BCUT2D eigenvalue weighted by atomic mass is 32.1. The Labute approximate surface area is 64.7 Å². The molecule has 3 unspecified atom stereocenters. The molecule has 2 heterocycles. The maximum absolute atomic E-state index is 9.23. The molecule has 0 bridgehead atoms. The largest absolute Gasteiger partial charge is 0.388 e. The lowest BCUT2D eigenvalue weighted by Crippen LogP contribution is -2.29. The first-order valence-corrected chi connectivity index (χ1v) is 3.90. The zero-order chi connectivity index (χ0) is 7.14. The van der Waals surface area contributed by atoms with Crippen molar-refractivity contribution in [1.82, 2.24) is 0 Å². The van der Waals surface area contributed by atoms with Gasteiger partial charge in [0, 0.05) is 0 Å². The fraction of sp³-hybridized carbons (Fsp3) is 1.00. The minimum atomic E-state index is -0.442. The van der Waals surface area contributed by atoms with Crippen LogP contribution in [0.4, 0.5) is 0 Å². The summed E-state index contributed by atoms with van der Waals surface area (Å²) in [5, 5.41) is 9.37. The quantitative estimate of drug-likeness (QED) is 0.469. The Kier molecular flexibility index (Phi) is 1.64. The fourth-order valence-corrected chi connectivity index (χ4v) is 1.80. The molecule has 10 heavy (non-hydrogen) atoms. The van der Waals surface area contributed by atoms with Crippen molar-refractivity contribution in [3.63, 3.8) is 0 Å². The van der Waals surface area contributed by atoms with Gasteiger partial charge in [0.2, 0.25) is 0 Å². The van der Waals surface area contributed by atoms with E-state index in [1.807, 2.05) is 0 Å². The van der Waals surface area contributed by atoms with Crippen molar-refractivity contribution in [2.75, 3.05) is 13.2 Å². The summed E-state index contributed by atoms with van der Waals surface area (Å²) in [6.45, 7) is 0.988. The van der Waals surface area contributed by atoms with Crippen molar-refractivity contribution >= 4 is 12.6 Å². The van der Waals surface area contributed by atoms with E-state index in [4.69, 9.17) is 9.47 Å². The Morgan fingerprint density at radius 2 is 1.90 bits per heavy atom. The summed E-state index contributed by atoms with van der Waals surface area (Å²) in [5.41, 5.74) is 0. The smallest absolute Gasteiger partial charge is 0.113 e. The molecule has 0 aromatic rings. The van der Waals surface area contributed by atoms with Gasteiger partial charge in [-0.25, -0.2) is 0 Å². The molecule has 3 nitrogen and oxygen atoms in total. The van der Waals surface area contributed by atoms with E-state index in [1.165, 1.54) is 0 Å². The molecule has 0 aromatic carbocycles. The minimum Gasteiger partial charge on any atom is -0.388 e. The summed E-state index contributed by atoms with van der Waals surface area (Å²) < 4.78 is 10.5. The Balaban J connectivity index is 2.09. The first-order chi connectivity index (χ1) is 4.79. The molecule has 0 aliphatic carbocycles. The second kappa shape index (κ2) is 2.37. The molecule has 2 aliphatic heterocycles. The summed E-state index contributed by atoms with van der Waals surface area (Å²) in [5.74, 6) is 0. The van der Waals surface area contributed by atoms with Gasteiger partial charge in [0.1, 0.15) is 18.3 Å². The van der Waals surface area contributed by atoms with E-state index in [-0.39, 0.29) is 17.5 Å². The molecule has 2 fully saturated rings. The summed E-state index contributed by atoms with van der Waals surface area (Å²) in [4.78, 5) is 0. The fourth-order valence-electron chi connectivity index (χ4n) is 1.46. The highest BCUT2D eigenvalue weighted by Gasteiger charge is 2.45. The molecular weight excluding hydrogens is 152 g/mol. The van der Waals surface area contributed by atoms with Gasteiger partial charge in [-0.3, -0.25) is 0 Å². The van der Waals surface area contributed by atoms with Gasteiger partial charge in [-0.05, 0) is 0 Å². The molecule has 0 aromatic heterocycles. The van der Waals surface area contributed by atoms with Gasteiger partial charge in [0.25, 0.3) is 0 Å².